The molecule has 3 fully saturated rings. The molecule has 5 atom stereocenters. The zero-order valence-corrected chi connectivity index (χ0v) is 15.2. The Balaban J connectivity index is 1.30. The van der Waals surface area contributed by atoms with Crippen molar-refractivity contribution < 1.29 is 9.53 Å². The smallest absolute Gasteiger partial charge is 0.317 e. The topological polar surface area (TPSA) is 44.8 Å². The summed E-state index contributed by atoms with van der Waals surface area (Å²) in [5.41, 5.74) is 1.31. The number of urea groups is 1. The van der Waals surface area contributed by atoms with Gasteiger partial charge in [0.2, 0.25) is 0 Å². The fourth-order valence-corrected chi connectivity index (χ4v) is 4.77. The number of rotatable bonds is 5. The number of hydrogen-bond donors (Lipinski definition) is 1. The highest BCUT2D eigenvalue weighted by molar-refractivity contribution is 5.74. The Hall–Kier alpha value is -1.59. The van der Waals surface area contributed by atoms with E-state index in [0.29, 0.717) is 36.6 Å². The number of amides is 2. The molecule has 25 heavy (non-hydrogen) atoms. The van der Waals surface area contributed by atoms with Gasteiger partial charge in [-0.2, -0.15) is 0 Å². The number of nitrogens with zero attached hydrogens (tertiary/aromatic N) is 2. The van der Waals surface area contributed by atoms with Crippen LogP contribution in [0.3, 0.4) is 0 Å². The van der Waals surface area contributed by atoms with Crippen LogP contribution in [0.5, 0.6) is 0 Å². The van der Waals surface area contributed by atoms with Crippen molar-refractivity contribution >= 4 is 6.03 Å². The van der Waals surface area contributed by atoms with Gasteiger partial charge in [0.1, 0.15) is 0 Å². The molecule has 1 aromatic carbocycles. The van der Waals surface area contributed by atoms with Crippen LogP contribution in [-0.4, -0.2) is 67.8 Å². The van der Waals surface area contributed by atoms with Crippen molar-refractivity contribution in [2.75, 3.05) is 33.7 Å². The number of nitrogens with one attached hydrogen (secondary N) is 1. The van der Waals surface area contributed by atoms with Crippen molar-refractivity contribution in [2.24, 2.45) is 11.8 Å². The van der Waals surface area contributed by atoms with Crippen molar-refractivity contribution in [3.05, 3.63) is 35.9 Å². The normalized spacial score (nSPS) is 31.4. The first-order valence-electron chi connectivity index (χ1n) is 9.50. The van der Waals surface area contributed by atoms with Crippen molar-refractivity contribution in [1.29, 1.82) is 0 Å². The molecule has 3 heterocycles. The minimum atomic E-state index is 0.0914. The number of benzene rings is 1. The quantitative estimate of drug-likeness (QED) is 0.889. The third-order valence-electron chi connectivity index (χ3n) is 6.27. The summed E-state index contributed by atoms with van der Waals surface area (Å²) in [6.45, 7) is 2.40. The maximum Gasteiger partial charge on any atom is 0.317 e. The molecular weight excluding hydrogens is 314 g/mol. The molecule has 0 unspecified atom stereocenters. The molecule has 3 aliphatic heterocycles. The van der Waals surface area contributed by atoms with Gasteiger partial charge in [0.25, 0.3) is 0 Å². The van der Waals surface area contributed by atoms with Gasteiger partial charge in [0.15, 0.2) is 0 Å². The lowest BCUT2D eigenvalue weighted by atomic mass is 9.82. The molecule has 0 saturated carbocycles. The van der Waals surface area contributed by atoms with Crippen molar-refractivity contribution in [3.8, 4) is 0 Å². The van der Waals surface area contributed by atoms with E-state index in [1.165, 1.54) is 18.4 Å². The Morgan fingerprint density at radius 2 is 1.84 bits per heavy atom. The fraction of sp³-hybridized carbons (Fsp3) is 0.650. The Kier molecular flexibility index (Phi) is 4.69. The van der Waals surface area contributed by atoms with E-state index in [9.17, 15) is 4.79 Å². The maximum atomic E-state index is 12.6. The third-order valence-corrected chi connectivity index (χ3v) is 6.27. The molecule has 3 aliphatic rings. The predicted molar refractivity (Wildman–Crippen MR) is 97.5 cm³/mol. The molecule has 2 amide bonds. The summed E-state index contributed by atoms with van der Waals surface area (Å²) in [6.07, 6.45) is 4.11. The second kappa shape index (κ2) is 6.96. The van der Waals surface area contributed by atoms with Crippen LogP contribution in [0.4, 0.5) is 4.79 Å². The van der Waals surface area contributed by atoms with Crippen LogP contribution < -0.4 is 5.32 Å². The van der Waals surface area contributed by atoms with E-state index in [0.717, 1.165) is 19.5 Å². The maximum absolute atomic E-state index is 12.6. The summed E-state index contributed by atoms with van der Waals surface area (Å²) >= 11 is 0. The van der Waals surface area contributed by atoms with Crippen molar-refractivity contribution in [1.82, 2.24) is 15.1 Å². The van der Waals surface area contributed by atoms with Gasteiger partial charge in [-0.05, 0) is 38.9 Å². The van der Waals surface area contributed by atoms with Crippen LogP contribution in [-0.2, 0) is 11.2 Å². The zero-order chi connectivity index (χ0) is 17.4. The summed E-state index contributed by atoms with van der Waals surface area (Å²) in [7, 11) is 4.16. The van der Waals surface area contributed by atoms with Gasteiger partial charge in [-0.3, -0.25) is 0 Å². The van der Waals surface area contributed by atoms with Gasteiger partial charge in [-0.1, -0.05) is 30.3 Å². The SMILES string of the molecule is CN(C)[C@H](CNC(=O)N1C[C@H]2[C@H](C1)[C@H]1CC[C@H]2O1)Cc1ccccc1. The molecule has 1 aromatic rings. The number of fused-ring (bicyclic) bond motifs is 5. The Bertz CT molecular complexity index is 588. The summed E-state index contributed by atoms with van der Waals surface area (Å²) < 4.78 is 6.00. The zero-order valence-electron chi connectivity index (χ0n) is 15.2. The summed E-state index contributed by atoms with van der Waals surface area (Å²) in [5.74, 6) is 1.14. The van der Waals surface area contributed by atoms with Crippen LogP contribution in [0, 0.1) is 11.8 Å². The van der Waals surface area contributed by atoms with E-state index in [2.05, 4.69) is 48.6 Å². The lowest BCUT2D eigenvalue weighted by Crippen LogP contribution is -2.46. The molecule has 0 aliphatic carbocycles. The van der Waals surface area contributed by atoms with Crippen LogP contribution in [0.1, 0.15) is 18.4 Å². The highest BCUT2D eigenvalue weighted by Gasteiger charge is 2.53. The van der Waals surface area contributed by atoms with E-state index >= 15 is 0 Å². The van der Waals surface area contributed by atoms with Gasteiger partial charge in [-0.25, -0.2) is 4.79 Å². The third kappa shape index (κ3) is 3.40. The fourth-order valence-electron chi connectivity index (χ4n) is 4.77. The Labute approximate surface area is 150 Å². The molecule has 1 N–H and O–H groups in total. The van der Waals surface area contributed by atoms with Gasteiger partial charge in [-0.15, -0.1) is 0 Å². The molecule has 0 aromatic heterocycles. The lowest BCUT2D eigenvalue weighted by molar-refractivity contribution is 0.0738. The first kappa shape index (κ1) is 16.9. The van der Waals surface area contributed by atoms with Crippen LogP contribution >= 0.6 is 0 Å². The van der Waals surface area contributed by atoms with E-state index in [1.54, 1.807) is 0 Å². The van der Waals surface area contributed by atoms with E-state index in [-0.39, 0.29) is 6.03 Å². The highest BCUT2D eigenvalue weighted by Crippen LogP contribution is 2.47. The summed E-state index contributed by atoms with van der Waals surface area (Å²) in [5, 5.41) is 3.17. The minimum Gasteiger partial charge on any atom is -0.374 e. The second-order valence-electron chi connectivity index (χ2n) is 8.02. The number of carbonyl (C=O) groups excluding carboxylic acids is 1. The average Bonchev–Trinajstić information content (AvgIpc) is 3.31. The monoisotopic (exact) mass is 343 g/mol. The first-order chi connectivity index (χ1) is 12.1. The van der Waals surface area contributed by atoms with Crippen molar-refractivity contribution in [3.63, 3.8) is 0 Å². The largest absolute Gasteiger partial charge is 0.374 e. The molecular formula is C20H29N3O2. The van der Waals surface area contributed by atoms with Crippen LogP contribution in [0.25, 0.3) is 0 Å². The molecule has 2 bridgehead atoms. The summed E-state index contributed by atoms with van der Waals surface area (Å²) in [4.78, 5) is 16.9. The highest BCUT2D eigenvalue weighted by atomic mass is 16.5. The van der Waals surface area contributed by atoms with E-state index in [4.69, 9.17) is 4.74 Å². The average molecular weight is 343 g/mol. The molecule has 5 nitrogen and oxygen atoms in total. The predicted octanol–water partition coefficient (Wildman–Crippen LogP) is 1.98. The number of hydrogen-bond acceptors (Lipinski definition) is 3. The number of carbonyl (C=O) groups is 1. The molecule has 5 heteroatoms. The molecule has 136 valence electrons. The number of ether oxygens (including phenoxy) is 1. The number of likely N-dealkylation sites (N-methyl/N-ethyl adjacent to an activating group) is 1. The van der Waals surface area contributed by atoms with E-state index in [1.807, 2.05) is 11.0 Å². The molecule has 4 rings (SSSR count). The van der Waals surface area contributed by atoms with E-state index < -0.39 is 0 Å². The van der Waals surface area contributed by atoms with Crippen LogP contribution in [0.15, 0.2) is 30.3 Å². The van der Waals surface area contributed by atoms with Gasteiger partial charge in [0.05, 0.1) is 12.2 Å². The molecule has 3 saturated heterocycles. The second-order valence-corrected chi connectivity index (χ2v) is 8.02. The first-order valence-corrected chi connectivity index (χ1v) is 9.50. The molecule has 0 radical (unpaired) electrons. The standard InChI is InChI=1S/C20H29N3O2/c1-22(2)15(10-14-6-4-3-5-7-14)11-21-20(24)23-12-16-17(13-23)19-9-8-18(16)25-19/h3-7,15-19H,8-13H2,1-2H3,(H,21,24)/t15-,16-,17-,18+,19+/m0/s1. The molecule has 0 spiro atoms. The minimum absolute atomic E-state index is 0.0914. The number of likely N-dealkylation sites (tertiary alicyclic amines) is 1. The Morgan fingerprint density at radius 1 is 1.20 bits per heavy atom. The summed E-state index contributed by atoms with van der Waals surface area (Å²) in [6, 6.07) is 10.9. The van der Waals surface area contributed by atoms with Gasteiger partial charge < -0.3 is 19.9 Å². The Morgan fingerprint density at radius 3 is 2.44 bits per heavy atom. The van der Waals surface area contributed by atoms with Crippen LogP contribution in [0.2, 0.25) is 0 Å². The van der Waals surface area contributed by atoms with Gasteiger partial charge in [0, 0.05) is 37.5 Å². The van der Waals surface area contributed by atoms with Gasteiger partial charge >= 0.3 is 6.03 Å². The van der Waals surface area contributed by atoms with Crippen molar-refractivity contribution in [2.45, 2.75) is 37.5 Å². The lowest BCUT2D eigenvalue weighted by Gasteiger charge is -2.26.